The summed E-state index contributed by atoms with van der Waals surface area (Å²) in [5, 5.41) is 9.15. The first-order valence-corrected chi connectivity index (χ1v) is 6.96. The summed E-state index contributed by atoms with van der Waals surface area (Å²) in [6.45, 7) is 4.76. The minimum atomic E-state index is -4.14. The summed E-state index contributed by atoms with van der Waals surface area (Å²) in [5.41, 5.74) is 6.53. The lowest BCUT2D eigenvalue weighted by Crippen LogP contribution is -2.58. The van der Waals surface area contributed by atoms with E-state index < -0.39 is 26.6 Å². The van der Waals surface area contributed by atoms with Crippen LogP contribution in [0.15, 0.2) is 29.2 Å². The molecule has 18 heavy (non-hydrogen) atoms. The first-order chi connectivity index (χ1) is 8.14. The van der Waals surface area contributed by atoms with Crippen LogP contribution in [0.25, 0.3) is 0 Å². The van der Waals surface area contributed by atoms with Crippen LogP contribution in [0.1, 0.15) is 19.4 Å². The van der Waals surface area contributed by atoms with Gasteiger partial charge in [0.2, 0.25) is 14.7 Å². The molecule has 0 bridgehead atoms. The van der Waals surface area contributed by atoms with Gasteiger partial charge in [-0.1, -0.05) is 31.5 Å². The van der Waals surface area contributed by atoms with Crippen molar-refractivity contribution >= 4 is 15.8 Å². The zero-order valence-corrected chi connectivity index (χ0v) is 11.4. The van der Waals surface area contributed by atoms with E-state index in [0.717, 1.165) is 5.56 Å². The lowest BCUT2D eigenvalue weighted by atomic mass is 10.1. The number of aryl methyl sites for hydroxylation is 1. The van der Waals surface area contributed by atoms with E-state index in [1.165, 1.54) is 26.0 Å². The van der Waals surface area contributed by atoms with E-state index in [1.807, 2.05) is 6.92 Å². The number of hydrogen-bond donors (Lipinski definition) is 2. The molecule has 0 saturated heterocycles. The maximum Gasteiger partial charge on any atom is 0.340 e. The van der Waals surface area contributed by atoms with E-state index in [-0.39, 0.29) is 4.90 Å². The molecule has 1 atom stereocenters. The van der Waals surface area contributed by atoms with E-state index in [0.29, 0.717) is 0 Å². The first-order valence-electron chi connectivity index (χ1n) is 5.47. The van der Waals surface area contributed by atoms with E-state index in [1.54, 1.807) is 12.1 Å². The van der Waals surface area contributed by atoms with E-state index in [2.05, 4.69) is 0 Å². The molecule has 0 saturated carbocycles. The van der Waals surface area contributed by atoms with Crippen molar-refractivity contribution in [3.05, 3.63) is 29.8 Å². The Morgan fingerprint density at radius 1 is 1.28 bits per heavy atom. The molecule has 0 radical (unpaired) electrons. The summed E-state index contributed by atoms with van der Waals surface area (Å²) >= 11 is 0. The average molecular weight is 271 g/mol. The summed E-state index contributed by atoms with van der Waals surface area (Å²) in [6.07, 6.45) is 0. The highest BCUT2D eigenvalue weighted by atomic mass is 32.2. The number of carbonyl (C=O) groups is 1. The molecule has 0 fully saturated rings. The second-order valence-electron chi connectivity index (χ2n) is 4.57. The zero-order valence-electron chi connectivity index (χ0n) is 10.5. The maximum absolute atomic E-state index is 12.3. The normalized spacial score (nSPS) is 15.4. The van der Waals surface area contributed by atoms with Gasteiger partial charge in [-0.05, 0) is 25.0 Å². The van der Waals surface area contributed by atoms with Crippen LogP contribution in [0.5, 0.6) is 0 Å². The van der Waals surface area contributed by atoms with Gasteiger partial charge in [0.25, 0.3) is 0 Å². The summed E-state index contributed by atoms with van der Waals surface area (Å²) in [4.78, 5) is 8.85. The highest BCUT2D eigenvalue weighted by molar-refractivity contribution is 7.93. The molecular weight excluding hydrogens is 254 g/mol. The fourth-order valence-electron chi connectivity index (χ4n) is 1.58. The number of aliphatic carboxylic acids is 1. The molecule has 1 rings (SSSR count). The number of hydrogen-bond acceptors (Lipinski definition) is 4. The first kappa shape index (κ1) is 14.7. The van der Waals surface area contributed by atoms with Gasteiger partial charge in [0.05, 0.1) is 4.90 Å². The topological polar surface area (TPSA) is 97.5 Å². The highest BCUT2D eigenvalue weighted by Gasteiger charge is 2.51. The second kappa shape index (κ2) is 4.70. The molecule has 0 spiro atoms. The highest BCUT2D eigenvalue weighted by Crippen LogP contribution is 2.28. The standard InChI is InChI=1S/C12H17NO4S/c1-8(2)12(13,11(14)15)18(16,17)10-6-4-9(3)5-7-10/h4-8H,13H2,1-3H3,(H,14,15). The van der Waals surface area contributed by atoms with Gasteiger partial charge in [-0.25, -0.2) is 13.2 Å². The number of sulfone groups is 1. The Hall–Kier alpha value is -1.40. The van der Waals surface area contributed by atoms with Gasteiger partial charge < -0.3 is 10.8 Å². The van der Waals surface area contributed by atoms with Gasteiger partial charge in [0.1, 0.15) is 0 Å². The van der Waals surface area contributed by atoms with E-state index >= 15 is 0 Å². The van der Waals surface area contributed by atoms with Crippen LogP contribution < -0.4 is 5.73 Å². The molecule has 0 aliphatic rings. The molecule has 0 aliphatic carbocycles. The fourth-order valence-corrected chi connectivity index (χ4v) is 3.32. The molecular formula is C12H17NO4S. The van der Waals surface area contributed by atoms with Gasteiger partial charge in [0.15, 0.2) is 0 Å². The third kappa shape index (κ3) is 2.13. The number of benzene rings is 1. The third-order valence-corrected chi connectivity index (χ3v) is 5.40. The molecule has 0 aromatic heterocycles. The molecule has 1 aromatic carbocycles. The van der Waals surface area contributed by atoms with Gasteiger partial charge >= 0.3 is 5.97 Å². The molecule has 100 valence electrons. The van der Waals surface area contributed by atoms with Crippen LogP contribution in [-0.4, -0.2) is 24.4 Å². The lowest BCUT2D eigenvalue weighted by molar-refractivity contribution is -0.141. The van der Waals surface area contributed by atoms with Crippen LogP contribution in [-0.2, 0) is 14.6 Å². The minimum Gasteiger partial charge on any atom is -0.479 e. The smallest absolute Gasteiger partial charge is 0.340 e. The number of carboxylic acids is 1. The largest absolute Gasteiger partial charge is 0.479 e. The van der Waals surface area contributed by atoms with Crippen LogP contribution in [0, 0.1) is 12.8 Å². The summed E-state index contributed by atoms with van der Waals surface area (Å²) in [7, 11) is -4.14. The van der Waals surface area contributed by atoms with Crippen LogP contribution in [0.4, 0.5) is 0 Å². The van der Waals surface area contributed by atoms with Crippen molar-refractivity contribution in [3.63, 3.8) is 0 Å². The monoisotopic (exact) mass is 271 g/mol. The molecule has 0 amide bonds. The van der Waals surface area contributed by atoms with Crippen molar-refractivity contribution in [2.24, 2.45) is 11.7 Å². The van der Waals surface area contributed by atoms with Gasteiger partial charge in [-0.2, -0.15) is 0 Å². The third-order valence-electron chi connectivity index (χ3n) is 2.97. The summed E-state index contributed by atoms with van der Waals surface area (Å²) in [5.74, 6) is -2.29. The number of nitrogens with two attached hydrogens (primary N) is 1. The van der Waals surface area contributed by atoms with Gasteiger partial charge in [0, 0.05) is 0 Å². The maximum atomic E-state index is 12.3. The Balaban J connectivity index is 3.45. The van der Waals surface area contributed by atoms with Crippen molar-refractivity contribution < 1.29 is 18.3 Å². The van der Waals surface area contributed by atoms with Crippen molar-refractivity contribution in [2.45, 2.75) is 30.5 Å². The number of carboxylic acid groups (broad SMARTS) is 1. The minimum absolute atomic E-state index is 0.0771. The van der Waals surface area contributed by atoms with Crippen LogP contribution in [0.2, 0.25) is 0 Å². The van der Waals surface area contributed by atoms with E-state index in [4.69, 9.17) is 10.8 Å². The Kier molecular flexibility index (Phi) is 3.83. The summed E-state index contributed by atoms with van der Waals surface area (Å²) in [6, 6.07) is 5.96. The Bertz CT molecular complexity index is 548. The predicted molar refractivity (Wildman–Crippen MR) is 67.8 cm³/mol. The van der Waals surface area contributed by atoms with Gasteiger partial charge in [-0.15, -0.1) is 0 Å². The van der Waals surface area contributed by atoms with Crippen molar-refractivity contribution in [2.75, 3.05) is 0 Å². The molecule has 5 nitrogen and oxygen atoms in total. The Morgan fingerprint density at radius 3 is 2.06 bits per heavy atom. The zero-order chi connectivity index (χ0) is 14.1. The molecule has 1 aromatic rings. The second-order valence-corrected chi connectivity index (χ2v) is 6.72. The molecule has 0 aliphatic heterocycles. The predicted octanol–water partition coefficient (Wildman–Crippen LogP) is 1.16. The van der Waals surface area contributed by atoms with Crippen LogP contribution >= 0.6 is 0 Å². The number of rotatable bonds is 4. The average Bonchev–Trinajstić information content (AvgIpc) is 2.27. The van der Waals surface area contributed by atoms with Crippen molar-refractivity contribution in [1.29, 1.82) is 0 Å². The molecule has 6 heteroatoms. The van der Waals surface area contributed by atoms with Crippen LogP contribution in [0.3, 0.4) is 0 Å². The van der Waals surface area contributed by atoms with Gasteiger partial charge in [-0.3, -0.25) is 0 Å². The molecule has 0 heterocycles. The Labute approximate surface area is 107 Å². The fraction of sp³-hybridized carbons (Fsp3) is 0.417. The molecule has 1 unspecified atom stereocenters. The summed E-state index contributed by atoms with van der Waals surface area (Å²) < 4.78 is 24.7. The SMILES string of the molecule is Cc1ccc(S(=O)(=O)C(N)(C(=O)O)C(C)C)cc1. The molecule has 3 N–H and O–H groups in total. The Morgan fingerprint density at radius 2 is 1.72 bits per heavy atom. The van der Waals surface area contributed by atoms with Crippen molar-refractivity contribution in [3.8, 4) is 0 Å². The van der Waals surface area contributed by atoms with E-state index in [9.17, 15) is 13.2 Å². The quantitative estimate of drug-likeness (QED) is 0.856. The lowest BCUT2D eigenvalue weighted by Gasteiger charge is -2.28. The van der Waals surface area contributed by atoms with Crippen molar-refractivity contribution in [1.82, 2.24) is 0 Å².